The zero-order chi connectivity index (χ0) is 22.0. The molecule has 1 N–H and O–H groups in total. The lowest BCUT2D eigenvalue weighted by atomic mass is 10.1. The van der Waals surface area contributed by atoms with Crippen LogP contribution in [0.3, 0.4) is 0 Å². The highest BCUT2D eigenvalue weighted by molar-refractivity contribution is 7.20. The number of nitrogens with zero attached hydrogens (tertiary/aromatic N) is 3. The number of rotatable bonds is 8. The summed E-state index contributed by atoms with van der Waals surface area (Å²) in [5.41, 5.74) is 2.20. The van der Waals surface area contributed by atoms with Crippen LogP contribution >= 0.6 is 11.3 Å². The number of nitrogens with one attached hydrogen (secondary N) is 1. The fourth-order valence-electron chi connectivity index (χ4n) is 4.31. The molecule has 1 atom stereocenters. The normalized spacial score (nSPS) is 15.6. The van der Waals surface area contributed by atoms with Gasteiger partial charge in [0.05, 0.1) is 23.7 Å². The minimum atomic E-state index is -0.00518. The van der Waals surface area contributed by atoms with E-state index in [9.17, 15) is 4.79 Å². The Kier molecular flexibility index (Phi) is 6.62. The van der Waals surface area contributed by atoms with Gasteiger partial charge in [-0.3, -0.25) is 14.4 Å². The lowest BCUT2D eigenvalue weighted by Gasteiger charge is -2.28. The van der Waals surface area contributed by atoms with E-state index in [4.69, 9.17) is 4.74 Å². The molecule has 1 aliphatic heterocycles. The second-order valence-corrected chi connectivity index (χ2v) is 9.76. The quantitative estimate of drug-likeness (QED) is 0.554. The van der Waals surface area contributed by atoms with Gasteiger partial charge in [0.25, 0.3) is 5.91 Å². The summed E-state index contributed by atoms with van der Waals surface area (Å²) in [5.74, 6) is 1.35. The molecule has 1 fully saturated rings. The third-order valence-electron chi connectivity index (χ3n) is 5.91. The Hall–Kier alpha value is -2.38. The van der Waals surface area contributed by atoms with Crippen LogP contribution in [0.25, 0.3) is 10.2 Å². The Morgan fingerprint density at radius 2 is 1.94 bits per heavy atom. The summed E-state index contributed by atoms with van der Waals surface area (Å²) >= 11 is 1.54. The maximum atomic E-state index is 13.0. The molecule has 3 heterocycles. The second kappa shape index (κ2) is 9.40. The highest BCUT2D eigenvalue weighted by Gasteiger charge is 2.25. The van der Waals surface area contributed by atoms with Crippen LogP contribution in [0.1, 0.15) is 53.7 Å². The summed E-state index contributed by atoms with van der Waals surface area (Å²) in [5, 5.41) is 8.94. The maximum Gasteiger partial charge on any atom is 0.261 e. The van der Waals surface area contributed by atoms with E-state index >= 15 is 0 Å². The van der Waals surface area contributed by atoms with Crippen molar-refractivity contribution in [1.82, 2.24) is 20.0 Å². The summed E-state index contributed by atoms with van der Waals surface area (Å²) < 4.78 is 7.35. The number of benzene rings is 1. The number of ether oxygens (including phenoxy) is 1. The lowest BCUT2D eigenvalue weighted by molar-refractivity contribution is 0.0942. The first kappa shape index (κ1) is 21.8. The molecule has 0 unspecified atom stereocenters. The summed E-state index contributed by atoms with van der Waals surface area (Å²) in [7, 11) is 1.68. The van der Waals surface area contributed by atoms with E-state index in [1.165, 1.54) is 29.7 Å². The molecule has 7 heteroatoms. The molecule has 0 radical (unpaired) electrons. The number of carbonyl (C=O) groups is 1. The van der Waals surface area contributed by atoms with Crippen LogP contribution in [0, 0.1) is 12.8 Å². The summed E-state index contributed by atoms with van der Waals surface area (Å²) in [6, 6.07) is 10.4. The highest BCUT2D eigenvalue weighted by Crippen LogP contribution is 2.30. The lowest BCUT2D eigenvalue weighted by Crippen LogP contribution is -2.36. The third kappa shape index (κ3) is 4.77. The van der Waals surface area contributed by atoms with Crippen LogP contribution in [-0.2, 0) is 6.54 Å². The smallest absolute Gasteiger partial charge is 0.261 e. The van der Waals surface area contributed by atoms with Gasteiger partial charge in [0.15, 0.2) is 0 Å². The Labute approximate surface area is 188 Å². The number of hydrogen-bond acceptors (Lipinski definition) is 5. The van der Waals surface area contributed by atoms with Crippen molar-refractivity contribution in [3.8, 4) is 5.75 Å². The third-order valence-corrected chi connectivity index (χ3v) is 7.05. The average molecular weight is 441 g/mol. The van der Waals surface area contributed by atoms with Gasteiger partial charge in [-0.05, 0) is 62.5 Å². The molecule has 1 amide bonds. The molecule has 0 aliphatic carbocycles. The number of thiophene rings is 1. The van der Waals surface area contributed by atoms with Gasteiger partial charge in [-0.2, -0.15) is 5.10 Å². The van der Waals surface area contributed by atoms with Crippen molar-refractivity contribution in [2.24, 2.45) is 5.92 Å². The Morgan fingerprint density at radius 1 is 1.23 bits per heavy atom. The van der Waals surface area contributed by atoms with Crippen molar-refractivity contribution in [1.29, 1.82) is 0 Å². The van der Waals surface area contributed by atoms with Crippen LogP contribution in [0.4, 0.5) is 0 Å². The molecule has 1 saturated heterocycles. The van der Waals surface area contributed by atoms with Crippen LogP contribution in [0.2, 0.25) is 0 Å². The Bertz CT molecular complexity index is 1030. The minimum absolute atomic E-state index is 0.00518. The number of fused-ring (bicyclic) bond motifs is 1. The van der Waals surface area contributed by atoms with Crippen molar-refractivity contribution >= 4 is 27.5 Å². The van der Waals surface area contributed by atoms with Crippen LogP contribution in [0.5, 0.6) is 5.75 Å². The molecule has 1 aromatic carbocycles. The van der Waals surface area contributed by atoms with Gasteiger partial charge in [-0.1, -0.05) is 26.0 Å². The fourth-order valence-corrected chi connectivity index (χ4v) is 5.40. The van der Waals surface area contributed by atoms with Gasteiger partial charge >= 0.3 is 0 Å². The molecule has 0 spiro atoms. The topological polar surface area (TPSA) is 59.4 Å². The van der Waals surface area contributed by atoms with Gasteiger partial charge in [0, 0.05) is 18.5 Å². The highest BCUT2D eigenvalue weighted by atomic mass is 32.1. The van der Waals surface area contributed by atoms with E-state index < -0.39 is 0 Å². The van der Waals surface area contributed by atoms with Crippen molar-refractivity contribution in [3.63, 3.8) is 0 Å². The molecule has 0 saturated carbocycles. The number of aryl methyl sites for hydroxylation is 1. The first-order valence-electron chi connectivity index (χ1n) is 11.1. The number of aromatic nitrogens is 2. The molecule has 31 heavy (non-hydrogen) atoms. The largest absolute Gasteiger partial charge is 0.497 e. The molecular formula is C24H32N4O2S. The van der Waals surface area contributed by atoms with Crippen LogP contribution in [-0.4, -0.2) is 47.3 Å². The first-order chi connectivity index (χ1) is 15.0. The molecule has 1 aliphatic rings. The zero-order valence-electron chi connectivity index (χ0n) is 18.9. The van der Waals surface area contributed by atoms with Crippen molar-refractivity contribution in [2.75, 3.05) is 26.7 Å². The minimum Gasteiger partial charge on any atom is -0.497 e. The number of likely N-dealkylation sites (tertiary alicyclic amines) is 1. The number of methoxy groups -OCH3 is 1. The summed E-state index contributed by atoms with van der Waals surface area (Å²) in [4.78, 5) is 17.3. The van der Waals surface area contributed by atoms with Gasteiger partial charge in [-0.25, -0.2) is 0 Å². The number of carbonyl (C=O) groups excluding carboxylic acids is 1. The van der Waals surface area contributed by atoms with E-state index in [0.29, 0.717) is 12.5 Å². The predicted molar refractivity (Wildman–Crippen MR) is 126 cm³/mol. The van der Waals surface area contributed by atoms with Crippen molar-refractivity contribution in [2.45, 2.75) is 46.2 Å². The molecule has 2 aromatic heterocycles. The van der Waals surface area contributed by atoms with E-state index in [1.807, 2.05) is 29.8 Å². The van der Waals surface area contributed by atoms with E-state index in [1.54, 1.807) is 7.11 Å². The Morgan fingerprint density at radius 3 is 2.58 bits per heavy atom. The second-order valence-electron chi connectivity index (χ2n) is 8.73. The SMILES string of the molecule is COc1ccc([C@@H](CNC(=O)c2cc3c(C)nn(CC(C)C)c3s2)N2CCCC2)cc1. The maximum absolute atomic E-state index is 13.0. The monoisotopic (exact) mass is 440 g/mol. The van der Waals surface area contributed by atoms with E-state index in [2.05, 4.69) is 41.3 Å². The van der Waals surface area contributed by atoms with E-state index in [0.717, 1.165) is 46.2 Å². The van der Waals surface area contributed by atoms with Crippen LogP contribution in [0.15, 0.2) is 30.3 Å². The molecule has 0 bridgehead atoms. The molecule has 6 nitrogen and oxygen atoms in total. The molecule has 166 valence electrons. The average Bonchev–Trinajstić information content (AvgIpc) is 3.48. The molecule has 3 aromatic rings. The standard InChI is InChI=1S/C24H32N4O2S/c1-16(2)15-28-24-20(17(3)26-28)13-22(31-24)23(29)25-14-21(27-11-5-6-12-27)18-7-9-19(30-4)10-8-18/h7-10,13,16,21H,5-6,11-12,14-15H2,1-4H3,(H,25,29)/t21-/m1/s1. The number of hydrogen-bond donors (Lipinski definition) is 1. The van der Waals surface area contributed by atoms with Gasteiger partial charge < -0.3 is 10.1 Å². The van der Waals surface area contributed by atoms with Crippen LogP contribution < -0.4 is 10.1 Å². The number of amides is 1. The summed E-state index contributed by atoms with van der Waals surface area (Å²) in [6.07, 6.45) is 2.42. The van der Waals surface area contributed by atoms with Crippen molar-refractivity contribution < 1.29 is 9.53 Å². The van der Waals surface area contributed by atoms with Gasteiger partial charge in [0.1, 0.15) is 10.6 Å². The first-order valence-corrected chi connectivity index (χ1v) is 11.9. The Balaban J connectivity index is 1.50. The zero-order valence-corrected chi connectivity index (χ0v) is 19.7. The molecular weight excluding hydrogens is 408 g/mol. The van der Waals surface area contributed by atoms with Gasteiger partial charge in [0.2, 0.25) is 0 Å². The molecule has 4 rings (SSSR count). The van der Waals surface area contributed by atoms with Gasteiger partial charge in [-0.15, -0.1) is 11.3 Å². The fraction of sp³-hybridized carbons (Fsp3) is 0.500. The summed E-state index contributed by atoms with van der Waals surface area (Å²) in [6.45, 7) is 9.97. The van der Waals surface area contributed by atoms with Crippen molar-refractivity contribution in [3.05, 3.63) is 46.5 Å². The van der Waals surface area contributed by atoms with E-state index in [-0.39, 0.29) is 11.9 Å². The predicted octanol–water partition coefficient (Wildman–Crippen LogP) is 4.64.